The molecule has 0 N–H and O–H groups in total. The van der Waals surface area contributed by atoms with Crippen LogP contribution in [0.4, 0.5) is 17.6 Å². The number of hydrogen-bond donors (Lipinski definition) is 0. The summed E-state index contributed by atoms with van der Waals surface area (Å²) < 4.78 is 62.0. The van der Waals surface area contributed by atoms with Gasteiger partial charge >= 0.3 is 12.1 Å². The number of rotatable bonds is 5. The van der Waals surface area contributed by atoms with Crippen molar-refractivity contribution in [3.8, 4) is 5.69 Å². The predicted octanol–water partition coefficient (Wildman–Crippen LogP) is 6.85. The zero-order valence-electron chi connectivity index (χ0n) is 17.6. The topological polar surface area (TPSA) is 48.3 Å². The van der Waals surface area contributed by atoms with Crippen molar-refractivity contribution in [1.29, 1.82) is 0 Å². The van der Waals surface area contributed by atoms with Gasteiger partial charge in [-0.3, -0.25) is 4.79 Å². The van der Waals surface area contributed by atoms with Crippen molar-refractivity contribution in [2.24, 2.45) is 0 Å². The molecule has 3 aromatic carbocycles. The lowest BCUT2D eigenvalue weighted by Gasteiger charge is -2.13. The molecule has 0 bridgehead atoms. The summed E-state index contributed by atoms with van der Waals surface area (Å²) in [5, 5.41) is -0.0314. The molecule has 0 saturated heterocycles. The Kier molecular flexibility index (Phi) is 6.18. The first kappa shape index (κ1) is 23.5. The highest BCUT2D eigenvalue weighted by atomic mass is 35.5. The molecule has 1 aromatic heterocycles. The highest BCUT2D eigenvalue weighted by molar-refractivity contribution is 6.36. The van der Waals surface area contributed by atoms with Gasteiger partial charge in [0.2, 0.25) is 0 Å². The molecule has 0 amide bonds. The van der Waals surface area contributed by atoms with Crippen molar-refractivity contribution in [3.63, 3.8) is 0 Å². The fourth-order valence-corrected chi connectivity index (χ4v) is 3.99. The van der Waals surface area contributed by atoms with E-state index in [-0.39, 0.29) is 28.4 Å². The minimum atomic E-state index is -4.80. The Labute approximate surface area is 196 Å². The van der Waals surface area contributed by atoms with E-state index in [1.165, 1.54) is 29.0 Å². The van der Waals surface area contributed by atoms with Crippen LogP contribution < -0.4 is 0 Å². The van der Waals surface area contributed by atoms with Gasteiger partial charge in [-0.25, -0.2) is 9.18 Å². The Balaban J connectivity index is 1.89. The average molecular weight is 490 g/mol. The van der Waals surface area contributed by atoms with E-state index in [2.05, 4.69) is 0 Å². The number of nitrogens with zero attached hydrogens (tertiary/aromatic N) is 1. The van der Waals surface area contributed by atoms with Crippen LogP contribution in [-0.2, 0) is 10.9 Å². The molecule has 0 aliphatic carbocycles. The van der Waals surface area contributed by atoms with Gasteiger partial charge in [-0.1, -0.05) is 35.9 Å². The molecule has 0 spiro atoms. The second kappa shape index (κ2) is 8.95. The normalized spacial score (nSPS) is 11.6. The van der Waals surface area contributed by atoms with Crippen molar-refractivity contribution in [2.75, 3.05) is 6.61 Å². The molecule has 4 aromatic rings. The molecule has 0 aliphatic heterocycles. The Morgan fingerprint density at radius 1 is 1.03 bits per heavy atom. The van der Waals surface area contributed by atoms with Crippen molar-refractivity contribution in [3.05, 3.63) is 100.0 Å². The fourth-order valence-electron chi connectivity index (χ4n) is 3.73. The predicted molar refractivity (Wildman–Crippen MR) is 119 cm³/mol. The molecule has 9 heteroatoms. The molecule has 4 nitrogen and oxygen atoms in total. The SMILES string of the molecule is CCOC(=O)c1ccc(-n2cc(C(=O)c3c(Cl)cccc3C(F)(F)F)c3ccccc32)c(F)c1. The second-order valence-electron chi connectivity index (χ2n) is 7.31. The lowest BCUT2D eigenvalue weighted by molar-refractivity contribution is -0.137. The van der Waals surface area contributed by atoms with Crippen molar-refractivity contribution >= 4 is 34.3 Å². The maximum absolute atomic E-state index is 15.0. The van der Waals surface area contributed by atoms with Crippen molar-refractivity contribution in [2.45, 2.75) is 13.1 Å². The quantitative estimate of drug-likeness (QED) is 0.175. The van der Waals surface area contributed by atoms with Crippen LogP contribution in [0.2, 0.25) is 5.02 Å². The van der Waals surface area contributed by atoms with Gasteiger partial charge in [-0.15, -0.1) is 0 Å². The van der Waals surface area contributed by atoms with Crippen LogP contribution in [0.15, 0.2) is 66.9 Å². The van der Waals surface area contributed by atoms with Crippen LogP contribution in [-0.4, -0.2) is 22.9 Å². The summed E-state index contributed by atoms with van der Waals surface area (Å²) in [6.45, 7) is 1.74. The van der Waals surface area contributed by atoms with E-state index in [4.69, 9.17) is 16.3 Å². The monoisotopic (exact) mass is 489 g/mol. The average Bonchev–Trinajstić information content (AvgIpc) is 3.17. The molecular weight excluding hydrogens is 474 g/mol. The van der Waals surface area contributed by atoms with E-state index >= 15 is 0 Å². The van der Waals surface area contributed by atoms with E-state index < -0.39 is 34.9 Å². The van der Waals surface area contributed by atoms with E-state index in [1.54, 1.807) is 31.2 Å². The first-order valence-corrected chi connectivity index (χ1v) is 10.5. The zero-order valence-corrected chi connectivity index (χ0v) is 18.4. The number of esters is 1. The van der Waals surface area contributed by atoms with Gasteiger partial charge in [0.15, 0.2) is 5.78 Å². The Hall–Kier alpha value is -3.65. The molecule has 0 unspecified atom stereocenters. The number of carbonyl (C=O) groups is 2. The van der Waals surface area contributed by atoms with Gasteiger partial charge in [0.25, 0.3) is 0 Å². The zero-order chi connectivity index (χ0) is 24.6. The summed E-state index contributed by atoms with van der Waals surface area (Å²) in [5.41, 5.74) is -1.54. The van der Waals surface area contributed by atoms with E-state index in [1.807, 2.05) is 0 Å². The smallest absolute Gasteiger partial charge is 0.417 e. The Morgan fingerprint density at radius 2 is 1.76 bits per heavy atom. The van der Waals surface area contributed by atoms with E-state index in [0.717, 1.165) is 18.2 Å². The number of aromatic nitrogens is 1. The van der Waals surface area contributed by atoms with Crippen LogP contribution >= 0.6 is 11.6 Å². The summed E-state index contributed by atoms with van der Waals surface area (Å²) in [4.78, 5) is 25.2. The molecule has 1 heterocycles. The largest absolute Gasteiger partial charge is 0.462 e. The summed E-state index contributed by atoms with van der Waals surface area (Å²) in [6, 6.07) is 13.2. The van der Waals surface area contributed by atoms with Gasteiger partial charge in [0.05, 0.1) is 39.5 Å². The van der Waals surface area contributed by atoms with Gasteiger partial charge < -0.3 is 9.30 Å². The lowest BCUT2D eigenvalue weighted by atomic mass is 9.97. The molecular formula is C25H16ClF4NO3. The van der Waals surface area contributed by atoms with Gasteiger partial charge in [-0.2, -0.15) is 13.2 Å². The molecule has 174 valence electrons. The van der Waals surface area contributed by atoms with E-state index in [0.29, 0.717) is 10.9 Å². The van der Waals surface area contributed by atoms with Crippen LogP contribution in [0, 0.1) is 5.82 Å². The third-order valence-electron chi connectivity index (χ3n) is 5.22. The number of hydrogen-bond acceptors (Lipinski definition) is 3. The molecule has 0 saturated carbocycles. The summed E-state index contributed by atoms with van der Waals surface area (Å²) >= 11 is 6.02. The number of halogens is 5. The van der Waals surface area contributed by atoms with E-state index in [9.17, 15) is 27.2 Å². The van der Waals surface area contributed by atoms with Gasteiger partial charge in [0.1, 0.15) is 5.82 Å². The molecule has 34 heavy (non-hydrogen) atoms. The number of ether oxygens (including phenoxy) is 1. The molecule has 4 rings (SSSR count). The standard InChI is InChI=1S/C25H16ClF4NO3/c1-2-34-24(33)14-10-11-21(19(27)12-14)31-13-16(15-6-3-4-9-20(15)31)23(32)22-17(25(28,29)30)7-5-8-18(22)26/h3-13H,2H2,1H3. The van der Waals surface area contributed by atoms with Gasteiger partial charge in [-0.05, 0) is 43.3 Å². The lowest BCUT2D eigenvalue weighted by Crippen LogP contribution is -2.14. The number of ketones is 1. The maximum Gasteiger partial charge on any atom is 0.417 e. The third-order valence-corrected chi connectivity index (χ3v) is 5.54. The molecule has 0 fully saturated rings. The third kappa shape index (κ3) is 4.17. The summed E-state index contributed by atoms with van der Waals surface area (Å²) in [5.74, 6) is -2.42. The highest BCUT2D eigenvalue weighted by Crippen LogP contribution is 2.37. The fraction of sp³-hybridized carbons (Fsp3) is 0.120. The first-order chi connectivity index (χ1) is 16.1. The molecule has 0 atom stereocenters. The minimum Gasteiger partial charge on any atom is -0.462 e. The summed E-state index contributed by atoms with van der Waals surface area (Å²) in [7, 11) is 0. The number of benzene rings is 3. The van der Waals surface area contributed by atoms with Crippen molar-refractivity contribution < 1.29 is 31.9 Å². The summed E-state index contributed by atoms with van der Waals surface area (Å²) in [6.07, 6.45) is -3.54. The van der Waals surface area contributed by atoms with Crippen LogP contribution in [0.1, 0.15) is 38.8 Å². The number of alkyl halides is 3. The second-order valence-corrected chi connectivity index (χ2v) is 7.71. The van der Waals surface area contributed by atoms with Crippen LogP contribution in [0.5, 0.6) is 0 Å². The first-order valence-electron chi connectivity index (χ1n) is 10.1. The van der Waals surface area contributed by atoms with Crippen molar-refractivity contribution in [1.82, 2.24) is 4.57 Å². The van der Waals surface area contributed by atoms with Crippen LogP contribution in [0.3, 0.4) is 0 Å². The highest BCUT2D eigenvalue weighted by Gasteiger charge is 2.37. The number of fused-ring (bicyclic) bond motifs is 1. The Morgan fingerprint density at radius 3 is 2.44 bits per heavy atom. The maximum atomic E-state index is 15.0. The molecule has 0 radical (unpaired) electrons. The van der Waals surface area contributed by atoms with Crippen LogP contribution in [0.25, 0.3) is 16.6 Å². The number of para-hydroxylation sites is 1. The van der Waals surface area contributed by atoms with Gasteiger partial charge in [0, 0.05) is 17.1 Å². The Bertz CT molecular complexity index is 1430. The molecule has 0 aliphatic rings. The minimum absolute atomic E-state index is 0.00139. The number of carbonyl (C=O) groups excluding carboxylic acids is 2.